The van der Waals surface area contributed by atoms with Crippen LogP contribution in [-0.4, -0.2) is 29.8 Å². The molecule has 0 saturated heterocycles. The molecule has 182 valence electrons. The van der Waals surface area contributed by atoms with Gasteiger partial charge in [-0.1, -0.05) is 49.4 Å². The molecule has 4 rings (SSSR count). The number of urea groups is 1. The average molecular weight is 484 g/mol. The zero-order valence-corrected chi connectivity index (χ0v) is 18.8. The Bertz CT molecular complexity index is 1200. The fraction of sp³-hybridized carbons (Fsp3) is 0.240. The Morgan fingerprint density at radius 3 is 2.49 bits per heavy atom. The average Bonchev–Trinajstić information content (AvgIpc) is 2.82. The lowest BCUT2D eigenvalue weighted by Crippen LogP contribution is -2.48. The number of aromatic nitrogens is 1. The number of amides is 3. The second kappa shape index (κ2) is 10.0. The van der Waals surface area contributed by atoms with Crippen LogP contribution in [0.4, 0.5) is 29.5 Å². The number of alkyl halides is 3. The van der Waals surface area contributed by atoms with E-state index in [1.165, 1.54) is 29.2 Å². The van der Waals surface area contributed by atoms with Crippen LogP contribution >= 0.6 is 0 Å². The molecule has 0 aliphatic carbocycles. The Labute approximate surface area is 199 Å². The number of halogens is 3. The van der Waals surface area contributed by atoms with E-state index in [0.717, 1.165) is 11.3 Å². The van der Waals surface area contributed by atoms with Crippen LogP contribution in [0.3, 0.4) is 0 Å². The number of anilines is 2. The van der Waals surface area contributed by atoms with E-state index in [4.69, 9.17) is 0 Å². The van der Waals surface area contributed by atoms with Crippen molar-refractivity contribution < 1.29 is 27.5 Å². The van der Waals surface area contributed by atoms with Crippen LogP contribution in [0.2, 0.25) is 0 Å². The van der Waals surface area contributed by atoms with Gasteiger partial charge in [-0.25, -0.2) is 9.78 Å². The van der Waals surface area contributed by atoms with Gasteiger partial charge in [0.25, 0.3) is 0 Å². The molecule has 1 atom stereocenters. The molecule has 2 aromatic carbocycles. The van der Waals surface area contributed by atoms with E-state index in [2.05, 4.69) is 20.4 Å². The lowest BCUT2D eigenvalue weighted by atomic mass is 10.0. The molecule has 1 aliphatic rings. The molecule has 0 saturated carbocycles. The van der Waals surface area contributed by atoms with Crippen LogP contribution < -0.4 is 20.3 Å². The van der Waals surface area contributed by atoms with Gasteiger partial charge < -0.3 is 15.4 Å². The molecule has 7 nitrogen and oxygen atoms in total. The van der Waals surface area contributed by atoms with E-state index < -0.39 is 18.4 Å². The van der Waals surface area contributed by atoms with Gasteiger partial charge in [0.1, 0.15) is 12.3 Å². The number of hydrogen-bond donors (Lipinski definition) is 2. The van der Waals surface area contributed by atoms with Gasteiger partial charge in [-0.2, -0.15) is 0 Å². The highest BCUT2D eigenvalue weighted by molar-refractivity contribution is 6.08. The van der Waals surface area contributed by atoms with E-state index in [0.29, 0.717) is 29.9 Å². The standard InChI is InChI=1S/C25H23F3N4O3/c1-2-20(17-8-11-19(12-9-17)35-25(26,27)28)31-24(34)32-15-22(33)30-21-13-10-18(29-23(21)32)14-16-6-4-3-5-7-16/h3-13,20H,2,14-15H2,1H3,(H,30,33)(H,31,34). The SMILES string of the molecule is CCC(NC(=O)N1CC(=O)Nc2ccc(Cc3ccccc3)nc21)c1ccc(OC(F)(F)F)cc1. The second-order valence-corrected chi connectivity index (χ2v) is 8.00. The van der Waals surface area contributed by atoms with Crippen molar-refractivity contribution in [2.24, 2.45) is 0 Å². The lowest BCUT2D eigenvalue weighted by Gasteiger charge is -2.30. The summed E-state index contributed by atoms with van der Waals surface area (Å²) in [6.45, 7) is 1.62. The van der Waals surface area contributed by atoms with Gasteiger partial charge in [-0.05, 0) is 41.8 Å². The van der Waals surface area contributed by atoms with Crippen molar-refractivity contribution in [1.82, 2.24) is 10.3 Å². The lowest BCUT2D eigenvalue weighted by molar-refractivity contribution is -0.274. The van der Waals surface area contributed by atoms with Crippen LogP contribution in [-0.2, 0) is 11.2 Å². The maximum atomic E-state index is 13.2. The fourth-order valence-corrected chi connectivity index (χ4v) is 3.82. The Kier molecular flexibility index (Phi) is 6.90. The normalized spacial score (nSPS) is 14.1. The minimum absolute atomic E-state index is 0.213. The maximum Gasteiger partial charge on any atom is 0.573 e. The molecule has 0 bridgehead atoms. The first kappa shape index (κ1) is 24.1. The number of carbonyl (C=O) groups is 2. The van der Waals surface area contributed by atoms with Crippen LogP contribution in [0.5, 0.6) is 5.75 Å². The highest BCUT2D eigenvalue weighted by Crippen LogP contribution is 2.30. The predicted octanol–water partition coefficient (Wildman–Crippen LogP) is 5.19. The van der Waals surface area contributed by atoms with E-state index >= 15 is 0 Å². The second-order valence-electron chi connectivity index (χ2n) is 8.00. The van der Waals surface area contributed by atoms with Crippen LogP contribution in [0, 0.1) is 0 Å². The molecule has 1 aliphatic heterocycles. The van der Waals surface area contributed by atoms with E-state index in [9.17, 15) is 22.8 Å². The molecule has 3 aromatic rings. The number of carbonyl (C=O) groups excluding carboxylic acids is 2. The molecular weight excluding hydrogens is 461 g/mol. The monoisotopic (exact) mass is 484 g/mol. The topological polar surface area (TPSA) is 83.6 Å². The van der Waals surface area contributed by atoms with E-state index in [1.807, 2.05) is 37.3 Å². The number of benzene rings is 2. The highest BCUT2D eigenvalue weighted by Gasteiger charge is 2.32. The van der Waals surface area contributed by atoms with Crippen LogP contribution in [0.1, 0.15) is 36.2 Å². The first-order valence-electron chi connectivity index (χ1n) is 11.0. The van der Waals surface area contributed by atoms with Crippen molar-refractivity contribution in [3.05, 3.63) is 83.6 Å². The quantitative estimate of drug-likeness (QED) is 0.505. The van der Waals surface area contributed by atoms with Crippen molar-refractivity contribution in [3.8, 4) is 5.75 Å². The smallest absolute Gasteiger partial charge is 0.406 e. The van der Waals surface area contributed by atoms with Crippen LogP contribution in [0.25, 0.3) is 0 Å². The van der Waals surface area contributed by atoms with Gasteiger partial charge >= 0.3 is 12.4 Å². The van der Waals surface area contributed by atoms with Crippen molar-refractivity contribution in [2.45, 2.75) is 32.2 Å². The third kappa shape index (κ3) is 6.08. The zero-order valence-electron chi connectivity index (χ0n) is 18.8. The molecule has 2 N–H and O–H groups in total. The minimum atomic E-state index is -4.78. The minimum Gasteiger partial charge on any atom is -0.406 e. The summed E-state index contributed by atoms with van der Waals surface area (Å²) in [6.07, 6.45) is -3.75. The third-order valence-electron chi connectivity index (χ3n) is 5.46. The number of nitrogens with one attached hydrogen (secondary N) is 2. The van der Waals surface area contributed by atoms with Crippen LogP contribution in [0.15, 0.2) is 66.7 Å². The van der Waals surface area contributed by atoms with Gasteiger partial charge in [0.2, 0.25) is 5.91 Å². The number of rotatable bonds is 6. The molecule has 0 fully saturated rings. The van der Waals surface area contributed by atoms with Crippen molar-refractivity contribution >= 4 is 23.4 Å². The Morgan fingerprint density at radius 1 is 1.11 bits per heavy atom. The molecule has 35 heavy (non-hydrogen) atoms. The van der Waals surface area contributed by atoms with E-state index in [-0.39, 0.29) is 18.2 Å². The Balaban J connectivity index is 1.52. The van der Waals surface area contributed by atoms with Crippen molar-refractivity contribution in [3.63, 3.8) is 0 Å². The number of ether oxygens (including phenoxy) is 1. The fourth-order valence-electron chi connectivity index (χ4n) is 3.82. The third-order valence-corrected chi connectivity index (χ3v) is 5.46. The number of fused-ring (bicyclic) bond motifs is 1. The molecule has 1 unspecified atom stereocenters. The molecule has 2 heterocycles. The number of hydrogen-bond acceptors (Lipinski definition) is 4. The predicted molar refractivity (Wildman–Crippen MR) is 124 cm³/mol. The van der Waals surface area contributed by atoms with Gasteiger partial charge in [-0.15, -0.1) is 13.2 Å². The first-order valence-corrected chi connectivity index (χ1v) is 11.0. The Hall–Kier alpha value is -4.08. The molecule has 10 heteroatoms. The summed E-state index contributed by atoms with van der Waals surface area (Å²) in [6, 6.07) is 17.5. The number of nitrogens with zero attached hydrogens (tertiary/aromatic N) is 2. The maximum absolute atomic E-state index is 13.2. The van der Waals surface area contributed by atoms with Crippen molar-refractivity contribution in [2.75, 3.05) is 16.8 Å². The molecule has 3 amide bonds. The summed E-state index contributed by atoms with van der Waals surface area (Å²) in [5.74, 6) is -0.370. The molecular formula is C25H23F3N4O3. The molecule has 1 aromatic heterocycles. The summed E-state index contributed by atoms with van der Waals surface area (Å²) in [5, 5.41) is 5.59. The molecule has 0 spiro atoms. The summed E-state index contributed by atoms with van der Waals surface area (Å²) in [4.78, 5) is 31.3. The molecule has 0 radical (unpaired) electrons. The van der Waals surface area contributed by atoms with Crippen molar-refractivity contribution in [1.29, 1.82) is 0 Å². The van der Waals surface area contributed by atoms with Gasteiger partial charge in [-0.3, -0.25) is 9.69 Å². The van der Waals surface area contributed by atoms with Gasteiger partial charge in [0.05, 0.1) is 11.7 Å². The summed E-state index contributed by atoms with van der Waals surface area (Å²) >= 11 is 0. The van der Waals surface area contributed by atoms with E-state index in [1.54, 1.807) is 12.1 Å². The largest absolute Gasteiger partial charge is 0.573 e. The van der Waals surface area contributed by atoms with Gasteiger partial charge in [0, 0.05) is 12.1 Å². The first-order chi connectivity index (χ1) is 16.7. The number of pyridine rings is 1. The summed E-state index contributed by atoms with van der Waals surface area (Å²) in [5.41, 5.74) is 2.81. The zero-order chi connectivity index (χ0) is 25.0. The van der Waals surface area contributed by atoms with Gasteiger partial charge in [0.15, 0.2) is 5.82 Å². The Morgan fingerprint density at radius 2 is 1.83 bits per heavy atom. The highest BCUT2D eigenvalue weighted by atomic mass is 19.4. The summed E-state index contributed by atoms with van der Waals surface area (Å²) in [7, 11) is 0. The summed E-state index contributed by atoms with van der Waals surface area (Å²) < 4.78 is 41.2.